The van der Waals surface area contributed by atoms with E-state index in [0.29, 0.717) is 11.2 Å². The summed E-state index contributed by atoms with van der Waals surface area (Å²) in [5.74, 6) is 4.02. The molecule has 1 aromatic carbocycles. The van der Waals surface area contributed by atoms with Crippen molar-refractivity contribution in [1.29, 1.82) is 0 Å². The highest BCUT2D eigenvalue weighted by atomic mass is 35.5. The van der Waals surface area contributed by atoms with Crippen LogP contribution in [0.3, 0.4) is 0 Å². The van der Waals surface area contributed by atoms with Gasteiger partial charge in [0.2, 0.25) is 5.82 Å². The van der Waals surface area contributed by atoms with Gasteiger partial charge in [-0.25, -0.2) is 9.97 Å². The average Bonchev–Trinajstić information content (AvgIpc) is 3.28. The van der Waals surface area contributed by atoms with E-state index in [2.05, 4.69) is 50.2 Å². The van der Waals surface area contributed by atoms with Gasteiger partial charge >= 0.3 is 0 Å². The first kappa shape index (κ1) is 23.4. The van der Waals surface area contributed by atoms with Crippen LogP contribution in [0, 0.1) is 12.8 Å². The van der Waals surface area contributed by atoms with Gasteiger partial charge < -0.3 is 18.3 Å². The molecule has 1 saturated carbocycles. The molecule has 4 aromatic rings. The molecule has 3 aromatic heterocycles. The molecule has 1 saturated heterocycles. The van der Waals surface area contributed by atoms with Gasteiger partial charge in [-0.2, -0.15) is 0 Å². The van der Waals surface area contributed by atoms with Crippen molar-refractivity contribution in [3.8, 4) is 11.6 Å². The molecule has 0 radical (unpaired) electrons. The van der Waals surface area contributed by atoms with E-state index >= 15 is 0 Å². The zero-order valence-corrected chi connectivity index (χ0v) is 21.3. The van der Waals surface area contributed by atoms with Crippen molar-refractivity contribution < 1.29 is 8.83 Å². The minimum Gasteiger partial charge on any atom is -0.441 e. The van der Waals surface area contributed by atoms with Gasteiger partial charge in [-0.3, -0.25) is 0 Å². The van der Waals surface area contributed by atoms with Gasteiger partial charge in [0.25, 0.3) is 0 Å². The van der Waals surface area contributed by atoms with Gasteiger partial charge in [0.1, 0.15) is 5.52 Å². The van der Waals surface area contributed by atoms with Gasteiger partial charge in [0.15, 0.2) is 28.8 Å². The Morgan fingerprint density at radius 1 is 1.26 bits per heavy atom. The Balaban J connectivity index is 0.00000241. The number of thioether (sulfide) groups is 1. The largest absolute Gasteiger partial charge is 0.441 e. The molecule has 34 heavy (non-hydrogen) atoms. The number of rotatable bonds is 8. The van der Waals surface area contributed by atoms with Crippen molar-refractivity contribution in [3.05, 3.63) is 41.7 Å². The summed E-state index contributed by atoms with van der Waals surface area (Å²) >= 11 is 1.75. The Kier molecular flexibility index (Phi) is 6.20. The Labute approximate surface area is 208 Å². The third kappa shape index (κ3) is 3.93. The second-order valence-corrected chi connectivity index (χ2v) is 10.3. The lowest BCUT2D eigenvalue weighted by molar-refractivity contribution is 0.299. The van der Waals surface area contributed by atoms with Crippen LogP contribution in [0.4, 0.5) is 0 Å². The topological polar surface area (TPSA) is 86.0 Å². The SMILES string of the molecule is CCc1nc2cc(C34CC3CN(CCCSc3nnc(-c5ocnc5C)n3C)C4)ccc2o1.Cl. The fraction of sp³-hybridized carbons (Fsp3) is 0.500. The van der Waals surface area contributed by atoms with Crippen LogP contribution < -0.4 is 0 Å². The molecule has 0 amide bonds. The van der Waals surface area contributed by atoms with Gasteiger partial charge in [0.05, 0.1) is 5.69 Å². The Bertz CT molecular complexity index is 1320. The van der Waals surface area contributed by atoms with E-state index in [4.69, 9.17) is 8.83 Å². The molecule has 0 spiro atoms. The van der Waals surface area contributed by atoms with Crippen LogP contribution in [-0.2, 0) is 18.9 Å². The monoisotopic (exact) mass is 500 g/mol. The highest BCUT2D eigenvalue weighted by Crippen LogP contribution is 2.59. The molecule has 8 nitrogen and oxygen atoms in total. The molecule has 180 valence electrons. The predicted molar refractivity (Wildman–Crippen MR) is 133 cm³/mol. The number of benzene rings is 1. The van der Waals surface area contributed by atoms with E-state index in [-0.39, 0.29) is 12.4 Å². The number of aryl methyl sites for hydroxylation is 2. The van der Waals surface area contributed by atoms with E-state index in [1.54, 1.807) is 11.8 Å². The maximum atomic E-state index is 5.80. The number of fused-ring (bicyclic) bond motifs is 2. The summed E-state index contributed by atoms with van der Waals surface area (Å²) in [6.45, 7) is 7.45. The lowest BCUT2D eigenvalue weighted by Crippen LogP contribution is -2.27. The number of hydrogen-bond donors (Lipinski definition) is 0. The van der Waals surface area contributed by atoms with Gasteiger partial charge in [-0.05, 0) is 49.9 Å². The van der Waals surface area contributed by atoms with Crippen LogP contribution in [0.15, 0.2) is 38.6 Å². The smallest absolute Gasteiger partial charge is 0.202 e. The number of nitrogens with zero attached hydrogens (tertiary/aromatic N) is 6. The summed E-state index contributed by atoms with van der Waals surface area (Å²) < 4.78 is 13.3. The van der Waals surface area contributed by atoms with E-state index in [1.807, 2.05) is 18.5 Å². The Hall–Kier alpha value is -2.36. The van der Waals surface area contributed by atoms with E-state index in [0.717, 1.165) is 71.3 Å². The number of halogens is 1. The molecule has 0 bridgehead atoms. The van der Waals surface area contributed by atoms with Crippen LogP contribution in [0.2, 0.25) is 0 Å². The lowest BCUT2D eigenvalue weighted by Gasteiger charge is -2.21. The molecule has 10 heteroatoms. The molecular weight excluding hydrogens is 472 g/mol. The maximum absolute atomic E-state index is 5.80. The third-order valence-electron chi connectivity index (χ3n) is 7.16. The lowest BCUT2D eigenvalue weighted by atomic mass is 9.95. The predicted octanol–water partition coefficient (Wildman–Crippen LogP) is 4.66. The van der Waals surface area contributed by atoms with Crippen LogP contribution in [0.25, 0.3) is 22.7 Å². The first-order valence-corrected chi connectivity index (χ1v) is 12.6. The van der Waals surface area contributed by atoms with Crippen molar-refractivity contribution >= 4 is 35.3 Å². The number of likely N-dealkylation sites (tertiary alicyclic amines) is 1. The second kappa shape index (κ2) is 9.02. The van der Waals surface area contributed by atoms with Crippen molar-refractivity contribution in [3.63, 3.8) is 0 Å². The molecule has 1 aliphatic heterocycles. The first-order chi connectivity index (χ1) is 16.1. The normalized spacial score (nSPS) is 21.7. The van der Waals surface area contributed by atoms with Gasteiger partial charge in [-0.1, -0.05) is 24.8 Å². The number of piperidine rings is 1. The Morgan fingerprint density at radius 3 is 2.94 bits per heavy atom. The second-order valence-electron chi connectivity index (χ2n) is 9.27. The van der Waals surface area contributed by atoms with Crippen LogP contribution >= 0.6 is 24.2 Å². The van der Waals surface area contributed by atoms with E-state index < -0.39 is 0 Å². The Morgan fingerprint density at radius 2 is 2.15 bits per heavy atom. The highest BCUT2D eigenvalue weighted by Gasteiger charge is 2.60. The average molecular weight is 501 g/mol. The standard InChI is InChI=1S/C24H28N6O2S.ClH/c1-4-20-26-18-10-16(6-7-19(18)32-20)24-11-17(24)12-30(13-24)8-5-9-33-23-28-27-22(29(23)3)21-15(2)25-14-31-21;/h6-7,10,14,17H,4-5,8-9,11-13H2,1-3H3;1H. The minimum absolute atomic E-state index is 0. The molecule has 0 N–H and O–H groups in total. The van der Waals surface area contributed by atoms with Crippen molar-refractivity contribution in [1.82, 2.24) is 29.6 Å². The van der Waals surface area contributed by atoms with Crippen molar-refractivity contribution in [2.24, 2.45) is 13.0 Å². The van der Waals surface area contributed by atoms with Crippen LogP contribution in [0.1, 0.15) is 36.9 Å². The van der Waals surface area contributed by atoms with Crippen LogP contribution in [-0.4, -0.2) is 55.0 Å². The molecule has 1 aliphatic carbocycles. The summed E-state index contributed by atoms with van der Waals surface area (Å²) in [7, 11) is 1.98. The summed E-state index contributed by atoms with van der Waals surface area (Å²) in [4.78, 5) is 11.4. The zero-order valence-electron chi connectivity index (χ0n) is 19.7. The van der Waals surface area contributed by atoms with Crippen LogP contribution in [0.5, 0.6) is 0 Å². The van der Waals surface area contributed by atoms with Crippen molar-refractivity contribution in [2.75, 3.05) is 25.4 Å². The quantitative estimate of drug-likeness (QED) is 0.255. The molecule has 2 atom stereocenters. The summed E-state index contributed by atoms with van der Waals surface area (Å²) in [5.41, 5.74) is 4.49. The summed E-state index contributed by atoms with van der Waals surface area (Å²) in [5, 5.41) is 9.55. The molecular formula is C24H29ClN6O2S. The summed E-state index contributed by atoms with van der Waals surface area (Å²) in [6.07, 6.45) is 4.70. The maximum Gasteiger partial charge on any atom is 0.202 e. The number of oxazole rings is 2. The number of aromatic nitrogens is 5. The van der Waals surface area contributed by atoms with Gasteiger partial charge in [-0.15, -0.1) is 22.6 Å². The third-order valence-corrected chi connectivity index (χ3v) is 8.27. The number of hydrogen-bond acceptors (Lipinski definition) is 8. The molecule has 4 heterocycles. The molecule has 6 rings (SSSR count). The van der Waals surface area contributed by atoms with Crippen molar-refractivity contribution in [2.45, 2.75) is 43.7 Å². The fourth-order valence-corrected chi connectivity index (χ4v) is 6.08. The molecule has 2 unspecified atom stereocenters. The minimum atomic E-state index is 0. The van der Waals surface area contributed by atoms with E-state index in [1.165, 1.54) is 24.9 Å². The van der Waals surface area contributed by atoms with Gasteiger partial charge in [0, 0.05) is 37.7 Å². The first-order valence-electron chi connectivity index (χ1n) is 11.6. The fourth-order valence-electron chi connectivity index (χ4n) is 5.25. The highest BCUT2D eigenvalue weighted by molar-refractivity contribution is 7.99. The molecule has 2 fully saturated rings. The van der Waals surface area contributed by atoms with E-state index in [9.17, 15) is 0 Å². The zero-order chi connectivity index (χ0) is 22.6. The summed E-state index contributed by atoms with van der Waals surface area (Å²) in [6, 6.07) is 6.63. The molecule has 2 aliphatic rings.